The summed E-state index contributed by atoms with van der Waals surface area (Å²) in [5, 5.41) is 0. The van der Waals surface area contributed by atoms with Crippen LogP contribution < -0.4 is 0 Å². The van der Waals surface area contributed by atoms with Crippen LogP contribution in [-0.2, 0) is 28.6 Å². The average Bonchev–Trinajstić information content (AvgIpc) is 3.47. The Morgan fingerprint density at radius 1 is 0.259 bits per heavy atom. The van der Waals surface area contributed by atoms with Crippen molar-refractivity contribution in [2.75, 3.05) is 13.2 Å². The van der Waals surface area contributed by atoms with Gasteiger partial charge in [-0.1, -0.05) is 276 Å². The molecule has 0 rings (SSSR count). The van der Waals surface area contributed by atoms with Gasteiger partial charge in [-0.3, -0.25) is 14.4 Å². The zero-order valence-electron chi connectivity index (χ0n) is 52.5. The topological polar surface area (TPSA) is 78.9 Å². The summed E-state index contributed by atoms with van der Waals surface area (Å²) in [7, 11) is 0. The van der Waals surface area contributed by atoms with Crippen LogP contribution in [0.1, 0.15) is 290 Å². The molecule has 0 radical (unpaired) electrons. The van der Waals surface area contributed by atoms with E-state index < -0.39 is 6.10 Å². The number of carbonyl (C=O) groups excluding carboxylic acids is 3. The second kappa shape index (κ2) is 67.8. The van der Waals surface area contributed by atoms with E-state index in [0.717, 1.165) is 148 Å². The van der Waals surface area contributed by atoms with Gasteiger partial charge in [0.15, 0.2) is 6.10 Å². The van der Waals surface area contributed by atoms with Crippen molar-refractivity contribution in [2.45, 2.75) is 297 Å². The van der Waals surface area contributed by atoms with Crippen LogP contribution in [0.4, 0.5) is 0 Å². The zero-order valence-corrected chi connectivity index (χ0v) is 52.5. The fourth-order valence-corrected chi connectivity index (χ4v) is 8.88. The molecule has 1 atom stereocenters. The van der Waals surface area contributed by atoms with E-state index in [-0.39, 0.29) is 31.1 Å². The number of rotatable bonds is 59. The molecule has 0 aliphatic heterocycles. The maximum Gasteiger partial charge on any atom is 0.306 e. The molecule has 0 saturated carbocycles. The Labute approximate surface area is 499 Å². The Bertz CT molecular complexity index is 1760. The van der Waals surface area contributed by atoms with Crippen molar-refractivity contribution in [1.82, 2.24) is 0 Å². The first-order valence-electron chi connectivity index (χ1n) is 33.3. The summed E-state index contributed by atoms with van der Waals surface area (Å²) in [5.74, 6) is -0.946. The Hall–Kier alpha value is -4.71. The van der Waals surface area contributed by atoms with Crippen LogP contribution in [0, 0.1) is 0 Å². The van der Waals surface area contributed by atoms with Gasteiger partial charge < -0.3 is 14.2 Å². The number of hydrogen-bond donors (Lipinski definition) is 0. The number of allylic oxidation sites excluding steroid dienone is 24. The van der Waals surface area contributed by atoms with Crippen LogP contribution in [-0.4, -0.2) is 37.2 Å². The third-order valence-electron chi connectivity index (χ3n) is 13.8. The molecule has 0 saturated heterocycles. The molecule has 0 aliphatic carbocycles. The summed E-state index contributed by atoms with van der Waals surface area (Å²) < 4.78 is 16.9. The summed E-state index contributed by atoms with van der Waals surface area (Å²) in [5.41, 5.74) is 0. The second-order valence-corrected chi connectivity index (χ2v) is 21.6. The zero-order chi connectivity index (χ0) is 58.5. The molecule has 6 nitrogen and oxygen atoms in total. The van der Waals surface area contributed by atoms with Gasteiger partial charge in [0.25, 0.3) is 0 Å². The number of carbonyl (C=O) groups is 3. The van der Waals surface area contributed by atoms with Crippen molar-refractivity contribution in [3.63, 3.8) is 0 Å². The van der Waals surface area contributed by atoms with Gasteiger partial charge in [-0.25, -0.2) is 0 Å². The summed E-state index contributed by atoms with van der Waals surface area (Å²) >= 11 is 0. The highest BCUT2D eigenvalue weighted by Gasteiger charge is 2.19. The van der Waals surface area contributed by atoms with Crippen molar-refractivity contribution < 1.29 is 28.6 Å². The predicted octanol–water partition coefficient (Wildman–Crippen LogP) is 23.1. The highest BCUT2D eigenvalue weighted by atomic mass is 16.6. The molecule has 458 valence electrons. The SMILES string of the molecule is CC/C=C\C/C=C\C/C=C\C/C=C\C/C=C\CCCCCC(=O)OCC(COC(=O)CCCCCCCCCC/C=C\C/C=C\C/C=C\CCCCCCC)OC(=O)CCCCCCCCCC/C=C\C/C=C\C/C=C\C/C=C\CC. The van der Waals surface area contributed by atoms with Crippen molar-refractivity contribution in [2.24, 2.45) is 0 Å². The van der Waals surface area contributed by atoms with Crippen LogP contribution >= 0.6 is 0 Å². The van der Waals surface area contributed by atoms with Crippen molar-refractivity contribution in [3.05, 3.63) is 146 Å². The summed E-state index contributed by atoms with van der Waals surface area (Å²) in [6.07, 6.45) is 97.0. The van der Waals surface area contributed by atoms with Crippen molar-refractivity contribution >= 4 is 17.9 Å². The van der Waals surface area contributed by atoms with E-state index in [9.17, 15) is 14.4 Å². The molecule has 81 heavy (non-hydrogen) atoms. The highest BCUT2D eigenvalue weighted by molar-refractivity contribution is 5.71. The van der Waals surface area contributed by atoms with Gasteiger partial charge in [0.2, 0.25) is 0 Å². The number of ether oxygens (including phenoxy) is 3. The normalized spacial score (nSPS) is 13.1. The minimum atomic E-state index is -0.809. The Balaban J connectivity index is 4.49. The average molecular weight is 1120 g/mol. The molecular formula is C75H122O6. The van der Waals surface area contributed by atoms with Gasteiger partial charge in [-0.2, -0.15) is 0 Å². The maximum atomic E-state index is 12.9. The molecule has 0 aromatic rings. The van der Waals surface area contributed by atoms with E-state index in [1.54, 1.807) is 0 Å². The van der Waals surface area contributed by atoms with Crippen LogP contribution in [0.3, 0.4) is 0 Å². The quantitative estimate of drug-likeness (QED) is 0.0261. The fourth-order valence-electron chi connectivity index (χ4n) is 8.88. The van der Waals surface area contributed by atoms with Crippen LogP contribution in [0.15, 0.2) is 146 Å². The maximum absolute atomic E-state index is 12.9. The third-order valence-corrected chi connectivity index (χ3v) is 13.8. The molecule has 0 fully saturated rings. The highest BCUT2D eigenvalue weighted by Crippen LogP contribution is 2.15. The first kappa shape index (κ1) is 76.3. The minimum Gasteiger partial charge on any atom is -0.462 e. The van der Waals surface area contributed by atoms with Crippen LogP contribution in [0.25, 0.3) is 0 Å². The number of hydrogen-bond acceptors (Lipinski definition) is 6. The molecule has 0 bridgehead atoms. The lowest BCUT2D eigenvalue weighted by Gasteiger charge is -2.18. The van der Waals surface area contributed by atoms with Gasteiger partial charge in [0.05, 0.1) is 0 Å². The molecule has 0 heterocycles. The van der Waals surface area contributed by atoms with E-state index in [1.165, 1.54) is 103 Å². The molecule has 0 aromatic carbocycles. The molecule has 1 unspecified atom stereocenters. The largest absolute Gasteiger partial charge is 0.462 e. The van der Waals surface area contributed by atoms with Gasteiger partial charge in [-0.05, 0) is 141 Å². The van der Waals surface area contributed by atoms with E-state index in [4.69, 9.17) is 14.2 Å². The first-order chi connectivity index (χ1) is 40.0. The van der Waals surface area contributed by atoms with Gasteiger partial charge >= 0.3 is 17.9 Å². The number of unbranched alkanes of at least 4 members (excludes halogenated alkanes) is 24. The lowest BCUT2D eigenvalue weighted by molar-refractivity contribution is -0.167. The predicted molar refractivity (Wildman–Crippen MR) is 352 cm³/mol. The van der Waals surface area contributed by atoms with E-state index in [2.05, 4.69) is 167 Å². The number of esters is 3. The molecule has 0 amide bonds. The molecule has 6 heteroatoms. The second-order valence-electron chi connectivity index (χ2n) is 21.6. The monoisotopic (exact) mass is 1120 g/mol. The fraction of sp³-hybridized carbons (Fsp3) is 0.640. The third kappa shape index (κ3) is 66.0. The smallest absolute Gasteiger partial charge is 0.306 e. The lowest BCUT2D eigenvalue weighted by atomic mass is 10.1. The van der Waals surface area contributed by atoms with Gasteiger partial charge in [0, 0.05) is 19.3 Å². The Morgan fingerprint density at radius 3 is 0.765 bits per heavy atom. The summed E-state index contributed by atoms with van der Waals surface area (Å²) in [6.45, 7) is 6.37. The molecular weight excluding hydrogens is 997 g/mol. The van der Waals surface area contributed by atoms with Gasteiger partial charge in [-0.15, -0.1) is 0 Å². The first-order valence-corrected chi connectivity index (χ1v) is 33.3. The Morgan fingerprint density at radius 2 is 0.481 bits per heavy atom. The molecule has 0 spiro atoms. The molecule has 0 N–H and O–H groups in total. The van der Waals surface area contributed by atoms with E-state index in [0.29, 0.717) is 19.3 Å². The van der Waals surface area contributed by atoms with E-state index >= 15 is 0 Å². The van der Waals surface area contributed by atoms with Crippen molar-refractivity contribution in [1.29, 1.82) is 0 Å². The van der Waals surface area contributed by atoms with E-state index in [1.807, 2.05) is 0 Å². The standard InChI is InChI=1S/C75H122O6/c1-4-7-10-13-16-19-22-25-28-31-34-36-37-39-41-44-47-50-53-56-59-62-65-68-74(77)80-71-72(70-79-73(76)67-64-61-58-55-52-49-46-43-40-33-30-27-24-21-18-15-12-9-6-3)81-75(78)69-66-63-60-57-54-51-48-45-42-38-35-32-29-26-23-20-17-14-11-8-5-2/h8-9,11-12,17-18,20-22,25-27,29-31,34-35,37-40,43,49,52,72H,4-7,10,13-16,19,23-24,28,32-33,36,41-42,44-48,50-51,53-71H2,1-3H3/b11-8-,12-9-,20-17-,21-18-,25-22-,29-26-,30-27-,34-31-,38-35-,39-37-,43-40-,52-49-. The van der Waals surface area contributed by atoms with Crippen LogP contribution in [0.5, 0.6) is 0 Å². The lowest BCUT2D eigenvalue weighted by Crippen LogP contribution is -2.30. The minimum absolute atomic E-state index is 0.101. The summed E-state index contributed by atoms with van der Waals surface area (Å²) in [6, 6.07) is 0. The molecule has 0 aliphatic rings. The van der Waals surface area contributed by atoms with Gasteiger partial charge in [0.1, 0.15) is 13.2 Å². The molecule has 0 aromatic heterocycles. The Kier molecular flexibility index (Phi) is 63.9. The summed E-state index contributed by atoms with van der Waals surface area (Å²) in [4.78, 5) is 38.4. The van der Waals surface area contributed by atoms with Crippen LogP contribution in [0.2, 0.25) is 0 Å². The van der Waals surface area contributed by atoms with Crippen molar-refractivity contribution in [3.8, 4) is 0 Å².